The minimum absolute atomic E-state index is 0.222. The van der Waals surface area contributed by atoms with E-state index in [-0.39, 0.29) is 5.91 Å². The molecule has 8 heteroatoms. The maximum absolute atomic E-state index is 12.1. The molecule has 0 unspecified atom stereocenters. The van der Waals surface area contributed by atoms with Crippen molar-refractivity contribution in [2.24, 2.45) is 0 Å². The Balaban J connectivity index is 1.47. The van der Waals surface area contributed by atoms with Gasteiger partial charge in [-0.3, -0.25) is 4.79 Å². The number of aromatic nitrogens is 4. The first kappa shape index (κ1) is 16.3. The van der Waals surface area contributed by atoms with E-state index in [0.29, 0.717) is 35.5 Å². The molecular weight excluding hydrogens is 326 g/mol. The lowest BCUT2D eigenvalue weighted by molar-refractivity contribution is 0.0923. The van der Waals surface area contributed by atoms with E-state index in [1.165, 1.54) is 11.8 Å². The summed E-state index contributed by atoms with van der Waals surface area (Å²) in [7, 11) is 0. The van der Waals surface area contributed by atoms with Crippen molar-refractivity contribution in [1.29, 1.82) is 0 Å². The van der Waals surface area contributed by atoms with E-state index in [1.807, 2.05) is 17.7 Å². The van der Waals surface area contributed by atoms with Crippen LogP contribution in [0.5, 0.6) is 0 Å². The molecule has 0 bridgehead atoms. The van der Waals surface area contributed by atoms with Crippen molar-refractivity contribution in [2.75, 3.05) is 6.54 Å². The lowest BCUT2D eigenvalue weighted by atomic mass is 10.4. The van der Waals surface area contributed by atoms with E-state index in [4.69, 9.17) is 4.42 Å². The average Bonchev–Trinajstić information content (AvgIpc) is 3.23. The number of thioether (sulfide) groups is 1. The van der Waals surface area contributed by atoms with Crippen LogP contribution in [-0.2, 0) is 12.3 Å². The van der Waals surface area contributed by atoms with Gasteiger partial charge in [-0.2, -0.15) is 0 Å². The maximum Gasteiger partial charge on any atom is 0.287 e. The SMILES string of the molecule is Cc1nccn1CCNC(=O)c1ccc(CSc2ncccn2)o1. The van der Waals surface area contributed by atoms with E-state index < -0.39 is 0 Å². The zero-order valence-electron chi connectivity index (χ0n) is 13.2. The van der Waals surface area contributed by atoms with Crippen LogP contribution in [0.3, 0.4) is 0 Å². The average molecular weight is 343 g/mol. The van der Waals surface area contributed by atoms with Gasteiger partial charge in [0.25, 0.3) is 5.91 Å². The van der Waals surface area contributed by atoms with Crippen molar-refractivity contribution in [2.45, 2.75) is 24.4 Å². The van der Waals surface area contributed by atoms with Gasteiger partial charge in [-0.15, -0.1) is 0 Å². The van der Waals surface area contributed by atoms with E-state index in [2.05, 4.69) is 20.3 Å². The van der Waals surface area contributed by atoms with Crippen LogP contribution < -0.4 is 5.32 Å². The summed E-state index contributed by atoms with van der Waals surface area (Å²) in [5.74, 6) is 2.29. The molecule has 0 aliphatic heterocycles. The molecule has 0 spiro atoms. The zero-order valence-corrected chi connectivity index (χ0v) is 14.0. The second-order valence-electron chi connectivity index (χ2n) is 5.01. The molecule has 1 amide bonds. The Morgan fingerprint density at radius 3 is 2.83 bits per heavy atom. The van der Waals surface area contributed by atoms with Gasteiger partial charge in [0.05, 0.1) is 5.75 Å². The van der Waals surface area contributed by atoms with Gasteiger partial charge in [0, 0.05) is 37.9 Å². The van der Waals surface area contributed by atoms with Crippen LogP contribution in [0.2, 0.25) is 0 Å². The Hall–Kier alpha value is -2.61. The van der Waals surface area contributed by atoms with Crippen molar-refractivity contribution in [3.8, 4) is 0 Å². The first-order chi connectivity index (χ1) is 11.7. The highest BCUT2D eigenvalue weighted by Crippen LogP contribution is 2.20. The van der Waals surface area contributed by atoms with Crippen LogP contribution in [0.1, 0.15) is 22.1 Å². The quantitative estimate of drug-likeness (QED) is 0.523. The fraction of sp³-hybridized carbons (Fsp3) is 0.250. The van der Waals surface area contributed by atoms with Gasteiger partial charge in [0.2, 0.25) is 0 Å². The number of carbonyl (C=O) groups excluding carboxylic acids is 1. The maximum atomic E-state index is 12.1. The van der Waals surface area contributed by atoms with Crippen LogP contribution in [0, 0.1) is 6.92 Å². The number of rotatable bonds is 7. The Labute approximate surface area is 143 Å². The van der Waals surface area contributed by atoms with Crippen molar-refractivity contribution < 1.29 is 9.21 Å². The van der Waals surface area contributed by atoms with Crippen LogP contribution in [-0.4, -0.2) is 32.0 Å². The highest BCUT2D eigenvalue weighted by molar-refractivity contribution is 7.98. The first-order valence-electron chi connectivity index (χ1n) is 7.47. The lowest BCUT2D eigenvalue weighted by Crippen LogP contribution is -2.27. The summed E-state index contributed by atoms with van der Waals surface area (Å²) >= 11 is 1.46. The largest absolute Gasteiger partial charge is 0.455 e. The van der Waals surface area contributed by atoms with Crippen LogP contribution in [0.15, 0.2) is 52.6 Å². The van der Waals surface area contributed by atoms with Gasteiger partial charge in [-0.1, -0.05) is 11.8 Å². The summed E-state index contributed by atoms with van der Waals surface area (Å²) in [4.78, 5) is 24.5. The first-order valence-corrected chi connectivity index (χ1v) is 8.45. The Morgan fingerprint density at radius 2 is 2.08 bits per heavy atom. The van der Waals surface area contributed by atoms with Gasteiger partial charge in [0.15, 0.2) is 10.9 Å². The molecule has 7 nitrogen and oxygen atoms in total. The third-order valence-electron chi connectivity index (χ3n) is 3.33. The van der Waals surface area contributed by atoms with Gasteiger partial charge in [-0.25, -0.2) is 15.0 Å². The molecule has 0 fully saturated rings. The van der Waals surface area contributed by atoms with Crippen molar-refractivity contribution in [3.63, 3.8) is 0 Å². The minimum Gasteiger partial charge on any atom is -0.455 e. The fourth-order valence-corrected chi connectivity index (χ4v) is 2.79. The highest BCUT2D eigenvalue weighted by atomic mass is 32.2. The molecule has 3 aromatic heterocycles. The molecule has 124 valence electrons. The standard InChI is InChI=1S/C16H17N5O2S/c1-12-17-7-9-21(12)10-8-18-15(22)14-4-3-13(23-14)11-24-16-19-5-2-6-20-16/h2-7,9H,8,10-11H2,1H3,(H,18,22). The van der Waals surface area contributed by atoms with Crippen molar-refractivity contribution >= 4 is 17.7 Å². The van der Waals surface area contributed by atoms with E-state index in [9.17, 15) is 4.79 Å². The molecule has 0 radical (unpaired) electrons. The number of furan rings is 1. The number of imidazole rings is 1. The number of aryl methyl sites for hydroxylation is 1. The minimum atomic E-state index is -0.222. The summed E-state index contributed by atoms with van der Waals surface area (Å²) < 4.78 is 7.55. The third-order valence-corrected chi connectivity index (χ3v) is 4.23. The molecule has 3 heterocycles. The predicted octanol–water partition coefficient (Wildman–Crippen LogP) is 2.30. The second-order valence-corrected chi connectivity index (χ2v) is 5.95. The number of hydrogen-bond donors (Lipinski definition) is 1. The predicted molar refractivity (Wildman–Crippen MR) is 89.6 cm³/mol. The van der Waals surface area contributed by atoms with E-state index >= 15 is 0 Å². The molecule has 24 heavy (non-hydrogen) atoms. The molecule has 0 aliphatic rings. The van der Waals surface area contributed by atoms with Gasteiger partial charge >= 0.3 is 0 Å². The van der Waals surface area contributed by atoms with Crippen molar-refractivity contribution in [3.05, 3.63) is 60.3 Å². The third kappa shape index (κ3) is 4.23. The summed E-state index contributed by atoms with van der Waals surface area (Å²) in [6.07, 6.45) is 7.01. The smallest absolute Gasteiger partial charge is 0.287 e. The summed E-state index contributed by atoms with van der Waals surface area (Å²) in [5.41, 5.74) is 0. The molecule has 0 aromatic carbocycles. The molecule has 0 atom stereocenters. The molecular formula is C16H17N5O2S. The molecule has 1 N–H and O–H groups in total. The van der Waals surface area contributed by atoms with Crippen LogP contribution >= 0.6 is 11.8 Å². The topological polar surface area (TPSA) is 85.8 Å². The number of amides is 1. The Kier molecular flexibility index (Phi) is 5.27. The van der Waals surface area contributed by atoms with Gasteiger partial charge in [-0.05, 0) is 25.1 Å². The molecule has 3 rings (SSSR count). The van der Waals surface area contributed by atoms with Crippen molar-refractivity contribution in [1.82, 2.24) is 24.8 Å². The molecule has 0 saturated carbocycles. The lowest BCUT2D eigenvalue weighted by Gasteiger charge is -2.06. The number of nitrogens with one attached hydrogen (secondary N) is 1. The number of hydrogen-bond acceptors (Lipinski definition) is 6. The molecule has 3 aromatic rings. The van der Waals surface area contributed by atoms with Crippen LogP contribution in [0.4, 0.5) is 0 Å². The Morgan fingerprint density at radius 1 is 1.25 bits per heavy atom. The molecule has 0 aliphatic carbocycles. The normalized spacial score (nSPS) is 10.7. The van der Waals surface area contributed by atoms with E-state index in [1.54, 1.807) is 36.8 Å². The monoisotopic (exact) mass is 343 g/mol. The number of carbonyl (C=O) groups is 1. The zero-order chi connectivity index (χ0) is 16.8. The molecule has 0 saturated heterocycles. The number of nitrogens with zero attached hydrogens (tertiary/aromatic N) is 4. The Bertz CT molecular complexity index is 800. The second kappa shape index (κ2) is 7.78. The summed E-state index contributed by atoms with van der Waals surface area (Å²) in [6, 6.07) is 5.25. The summed E-state index contributed by atoms with van der Waals surface area (Å²) in [6.45, 7) is 3.11. The van der Waals surface area contributed by atoms with Gasteiger partial charge < -0.3 is 14.3 Å². The summed E-state index contributed by atoms with van der Waals surface area (Å²) in [5, 5.41) is 3.52. The fourth-order valence-electron chi connectivity index (χ4n) is 2.09. The van der Waals surface area contributed by atoms with Crippen LogP contribution in [0.25, 0.3) is 0 Å². The van der Waals surface area contributed by atoms with E-state index in [0.717, 1.165) is 5.82 Å². The van der Waals surface area contributed by atoms with Gasteiger partial charge in [0.1, 0.15) is 11.6 Å². The highest BCUT2D eigenvalue weighted by Gasteiger charge is 2.11.